The van der Waals surface area contributed by atoms with Gasteiger partial charge in [-0.2, -0.15) is 0 Å². The number of nitrogens with one attached hydrogen (secondary N) is 3. The molecule has 32 heavy (non-hydrogen) atoms. The van der Waals surface area contributed by atoms with Crippen LogP contribution in [0.5, 0.6) is 0 Å². The van der Waals surface area contributed by atoms with Crippen molar-refractivity contribution in [2.24, 2.45) is 0 Å². The van der Waals surface area contributed by atoms with Gasteiger partial charge < -0.3 is 10.6 Å². The number of aryl methyl sites for hydroxylation is 1. The second-order valence-corrected chi connectivity index (χ2v) is 7.98. The smallest absolute Gasteiger partial charge is 0.254 e. The molecule has 0 aromatic heterocycles. The van der Waals surface area contributed by atoms with Crippen LogP contribution in [0, 0.1) is 18.6 Å². The molecular weight excluding hydrogens is 432 g/mol. The zero-order chi connectivity index (χ0) is 22.9. The third-order valence-electron chi connectivity index (χ3n) is 4.57. The molecule has 3 rings (SSSR count). The van der Waals surface area contributed by atoms with Crippen LogP contribution in [0.25, 0.3) is 11.1 Å². The first-order valence-corrected chi connectivity index (χ1v) is 10.8. The minimum absolute atomic E-state index is 0.103. The van der Waals surface area contributed by atoms with Crippen LogP contribution in [0.15, 0.2) is 71.6 Å². The first-order valence-electron chi connectivity index (χ1n) is 10.00. The molecule has 0 radical (unpaired) electrons. The molecule has 5 nitrogen and oxygen atoms in total. The van der Waals surface area contributed by atoms with Gasteiger partial charge in [0.05, 0.1) is 12.1 Å². The topological polar surface area (TPSA) is 70.2 Å². The van der Waals surface area contributed by atoms with Crippen molar-refractivity contribution in [2.75, 3.05) is 19.6 Å². The van der Waals surface area contributed by atoms with Crippen molar-refractivity contribution in [3.63, 3.8) is 0 Å². The van der Waals surface area contributed by atoms with Crippen LogP contribution in [-0.4, -0.2) is 31.4 Å². The van der Waals surface area contributed by atoms with Crippen molar-refractivity contribution >= 4 is 23.8 Å². The van der Waals surface area contributed by atoms with E-state index < -0.39 is 17.5 Å². The predicted molar refractivity (Wildman–Crippen MR) is 122 cm³/mol. The number of halogens is 2. The largest absolute Gasteiger partial charge is 0.353 e. The Hall–Kier alpha value is -3.23. The molecule has 0 fully saturated rings. The Kier molecular flexibility index (Phi) is 8.35. The average molecular weight is 456 g/mol. The fourth-order valence-corrected chi connectivity index (χ4v) is 3.53. The van der Waals surface area contributed by atoms with Gasteiger partial charge in [-0.05, 0) is 54.8 Å². The van der Waals surface area contributed by atoms with E-state index in [1.54, 1.807) is 18.2 Å². The zero-order valence-electron chi connectivity index (χ0n) is 17.5. The Morgan fingerprint density at radius 2 is 1.59 bits per heavy atom. The monoisotopic (exact) mass is 455 g/mol. The van der Waals surface area contributed by atoms with Crippen molar-refractivity contribution in [2.45, 2.75) is 11.8 Å². The molecular formula is C24H23F2N3O2S. The Morgan fingerprint density at radius 3 is 2.34 bits per heavy atom. The summed E-state index contributed by atoms with van der Waals surface area (Å²) >= 11 is 1.35. The van der Waals surface area contributed by atoms with Crippen molar-refractivity contribution < 1.29 is 18.4 Å². The molecule has 8 heteroatoms. The summed E-state index contributed by atoms with van der Waals surface area (Å²) in [5.41, 5.74) is 1.66. The number of hydrogen-bond donors (Lipinski definition) is 3. The van der Waals surface area contributed by atoms with Gasteiger partial charge in [-0.1, -0.05) is 42.0 Å². The molecule has 0 bridgehead atoms. The van der Waals surface area contributed by atoms with Crippen LogP contribution in [-0.2, 0) is 4.79 Å². The molecule has 0 aliphatic rings. The summed E-state index contributed by atoms with van der Waals surface area (Å²) in [4.78, 5) is 25.2. The predicted octanol–water partition coefficient (Wildman–Crippen LogP) is 4.08. The second kappa shape index (κ2) is 11.4. The molecule has 0 aliphatic carbocycles. The molecule has 0 saturated heterocycles. The van der Waals surface area contributed by atoms with E-state index in [4.69, 9.17) is 0 Å². The quantitative estimate of drug-likeness (QED) is 0.336. The number of rotatable bonds is 9. The van der Waals surface area contributed by atoms with Crippen LogP contribution >= 0.6 is 11.9 Å². The third kappa shape index (κ3) is 6.63. The first-order chi connectivity index (χ1) is 15.4. The van der Waals surface area contributed by atoms with E-state index in [0.29, 0.717) is 5.56 Å². The minimum atomic E-state index is -0.705. The highest BCUT2D eigenvalue weighted by Crippen LogP contribution is 2.24. The SMILES string of the molecule is Cc1ccc(SNCC(=O)NCCNC(=O)c2cc(-c3ccccc3F)ccc2F)cc1. The second-order valence-electron chi connectivity index (χ2n) is 7.02. The number of carbonyl (C=O) groups excluding carboxylic acids is 2. The number of amides is 2. The van der Waals surface area contributed by atoms with Crippen molar-refractivity contribution in [3.8, 4) is 11.1 Å². The van der Waals surface area contributed by atoms with Crippen LogP contribution < -0.4 is 15.4 Å². The van der Waals surface area contributed by atoms with Crippen LogP contribution in [0.1, 0.15) is 15.9 Å². The van der Waals surface area contributed by atoms with Crippen molar-refractivity contribution in [1.82, 2.24) is 15.4 Å². The molecule has 0 saturated carbocycles. The lowest BCUT2D eigenvalue weighted by molar-refractivity contribution is -0.119. The van der Waals surface area contributed by atoms with Crippen LogP contribution in [0.3, 0.4) is 0 Å². The molecule has 0 atom stereocenters. The van der Waals surface area contributed by atoms with E-state index in [-0.39, 0.29) is 36.7 Å². The minimum Gasteiger partial charge on any atom is -0.353 e. The molecule has 0 unspecified atom stereocenters. The number of hydrogen-bond acceptors (Lipinski definition) is 4. The van der Waals surface area contributed by atoms with E-state index in [1.165, 1.54) is 30.1 Å². The lowest BCUT2D eigenvalue weighted by Gasteiger charge is -2.10. The van der Waals surface area contributed by atoms with Gasteiger partial charge in [0.25, 0.3) is 5.91 Å². The van der Waals surface area contributed by atoms with Gasteiger partial charge in [0.2, 0.25) is 5.91 Å². The molecule has 0 heterocycles. The van der Waals surface area contributed by atoms with E-state index in [2.05, 4.69) is 15.4 Å². The lowest BCUT2D eigenvalue weighted by atomic mass is 10.0. The fourth-order valence-electron chi connectivity index (χ4n) is 2.89. The lowest BCUT2D eigenvalue weighted by Crippen LogP contribution is -2.38. The van der Waals surface area contributed by atoms with Gasteiger partial charge in [0.15, 0.2) is 0 Å². The molecule has 166 valence electrons. The van der Waals surface area contributed by atoms with Crippen molar-refractivity contribution in [3.05, 3.63) is 89.5 Å². The molecule has 0 spiro atoms. The highest BCUT2D eigenvalue weighted by molar-refractivity contribution is 7.97. The summed E-state index contributed by atoms with van der Waals surface area (Å²) in [7, 11) is 0. The molecule has 3 aromatic rings. The van der Waals surface area contributed by atoms with Crippen molar-refractivity contribution in [1.29, 1.82) is 0 Å². The highest BCUT2D eigenvalue weighted by Gasteiger charge is 2.14. The van der Waals surface area contributed by atoms with Gasteiger partial charge in [0.1, 0.15) is 11.6 Å². The first kappa shape index (κ1) is 23.4. The fraction of sp³-hybridized carbons (Fsp3) is 0.167. The normalized spacial score (nSPS) is 10.6. The zero-order valence-corrected chi connectivity index (χ0v) is 18.3. The Balaban J connectivity index is 1.43. The van der Waals surface area contributed by atoms with Crippen LogP contribution in [0.2, 0.25) is 0 Å². The Bertz CT molecular complexity index is 1090. The average Bonchev–Trinajstić information content (AvgIpc) is 2.79. The summed E-state index contributed by atoms with van der Waals surface area (Å²) in [6, 6.07) is 17.8. The summed E-state index contributed by atoms with van der Waals surface area (Å²) in [6.45, 7) is 2.42. The number of carbonyl (C=O) groups is 2. The standard InChI is InChI=1S/C24H23F2N3O2S/c1-16-6-9-18(10-7-16)32-29-15-23(30)27-12-13-28-24(31)20-14-17(8-11-22(20)26)19-4-2-3-5-21(19)25/h2-11,14,29H,12-13,15H2,1H3,(H,27,30)(H,28,31). The maximum absolute atomic E-state index is 14.1. The summed E-state index contributed by atoms with van der Waals surface area (Å²) in [6.07, 6.45) is 0. The van der Waals surface area contributed by atoms with Gasteiger partial charge in [-0.25, -0.2) is 8.78 Å². The summed E-state index contributed by atoms with van der Waals surface area (Å²) < 4.78 is 31.1. The summed E-state index contributed by atoms with van der Waals surface area (Å²) in [5, 5.41) is 5.23. The van der Waals surface area contributed by atoms with E-state index in [1.807, 2.05) is 31.2 Å². The van der Waals surface area contributed by atoms with Gasteiger partial charge in [-0.15, -0.1) is 0 Å². The maximum Gasteiger partial charge on any atom is 0.254 e. The van der Waals surface area contributed by atoms with Crippen LogP contribution in [0.4, 0.5) is 8.78 Å². The van der Waals surface area contributed by atoms with Gasteiger partial charge in [0, 0.05) is 23.5 Å². The molecule has 2 amide bonds. The van der Waals surface area contributed by atoms with E-state index >= 15 is 0 Å². The summed E-state index contributed by atoms with van der Waals surface area (Å²) in [5.74, 6) is -2.03. The van der Waals surface area contributed by atoms with Gasteiger partial charge >= 0.3 is 0 Å². The third-order valence-corrected chi connectivity index (χ3v) is 5.37. The Labute approximate surface area is 189 Å². The van der Waals surface area contributed by atoms with E-state index in [9.17, 15) is 18.4 Å². The maximum atomic E-state index is 14.1. The molecule has 3 N–H and O–H groups in total. The highest BCUT2D eigenvalue weighted by atomic mass is 32.2. The van der Waals surface area contributed by atoms with Gasteiger partial charge in [-0.3, -0.25) is 14.3 Å². The molecule has 0 aliphatic heterocycles. The molecule has 3 aromatic carbocycles. The number of benzene rings is 3. The van der Waals surface area contributed by atoms with E-state index in [0.717, 1.165) is 16.5 Å². The Morgan fingerprint density at radius 1 is 0.875 bits per heavy atom.